The van der Waals surface area contributed by atoms with Gasteiger partial charge in [0, 0.05) is 29.4 Å². The first-order valence-electron chi connectivity index (χ1n) is 10.2. The molecule has 1 fully saturated rings. The number of piperidine rings is 1. The van der Waals surface area contributed by atoms with Crippen molar-refractivity contribution >= 4 is 16.9 Å². The number of fused-ring (bicyclic) bond motifs is 2. The quantitative estimate of drug-likeness (QED) is 0.650. The van der Waals surface area contributed by atoms with Crippen LogP contribution in [-0.2, 0) is 16.0 Å². The number of likely N-dealkylation sites (tertiary alicyclic amines) is 1. The lowest BCUT2D eigenvalue weighted by atomic mass is 9.71. The topological polar surface area (TPSA) is 42.1 Å². The predicted octanol–water partition coefficient (Wildman–Crippen LogP) is 4.01. The molecular formula is C22H31N2O2+. The number of nitrogens with one attached hydrogen (secondary N) is 1. The molecule has 2 unspecified atom stereocenters. The molecule has 1 aliphatic carbocycles. The summed E-state index contributed by atoms with van der Waals surface area (Å²) in [6, 6.07) is 7.16. The van der Waals surface area contributed by atoms with Gasteiger partial charge in [-0.2, -0.15) is 0 Å². The van der Waals surface area contributed by atoms with Gasteiger partial charge in [-0.15, -0.1) is 0 Å². The van der Waals surface area contributed by atoms with Crippen LogP contribution in [0.5, 0.6) is 0 Å². The van der Waals surface area contributed by atoms with Crippen molar-refractivity contribution in [2.24, 2.45) is 5.92 Å². The third kappa shape index (κ3) is 2.75. The molecule has 4 rings (SSSR count). The first-order valence-corrected chi connectivity index (χ1v) is 10.2. The number of ether oxygens (including phenoxy) is 1. The Balaban J connectivity index is 1.73. The normalized spacial score (nSPS) is 30.2. The Morgan fingerprint density at radius 2 is 2.15 bits per heavy atom. The van der Waals surface area contributed by atoms with Crippen LogP contribution in [0.4, 0.5) is 0 Å². The Labute approximate surface area is 156 Å². The first-order chi connectivity index (χ1) is 12.6. The van der Waals surface area contributed by atoms with Crippen molar-refractivity contribution < 1.29 is 14.0 Å². The number of carbonyl (C=O) groups is 1. The number of carbonyl (C=O) groups excluding carboxylic acids is 1. The van der Waals surface area contributed by atoms with E-state index in [0.29, 0.717) is 18.6 Å². The lowest BCUT2D eigenvalue weighted by molar-refractivity contribution is -0.942. The molecule has 0 radical (unpaired) electrons. The summed E-state index contributed by atoms with van der Waals surface area (Å²) in [4.78, 5) is 16.2. The van der Waals surface area contributed by atoms with Gasteiger partial charge in [0.15, 0.2) is 0 Å². The number of hydrogen-bond acceptors (Lipinski definition) is 2. The maximum absolute atomic E-state index is 12.7. The maximum Gasteiger partial charge on any atom is 0.314 e. The number of aromatic nitrogens is 1. The molecule has 2 aliphatic rings. The SMILES string of the molecule is CCCOC(=O)C1C[C@@H]2c3cccc4[nH]cc(c34)C[C@H]2[N+](C)(CCC)C1. The van der Waals surface area contributed by atoms with Crippen LogP contribution in [0, 0.1) is 5.92 Å². The molecule has 1 aliphatic heterocycles. The number of benzene rings is 1. The van der Waals surface area contributed by atoms with Crippen LogP contribution in [-0.4, -0.2) is 48.2 Å². The van der Waals surface area contributed by atoms with Crippen LogP contribution >= 0.6 is 0 Å². The highest BCUT2D eigenvalue weighted by molar-refractivity contribution is 5.88. The van der Waals surface area contributed by atoms with Gasteiger partial charge in [0.1, 0.15) is 5.92 Å². The number of likely N-dealkylation sites (N-methyl/N-ethyl adjacent to an activating group) is 1. The fourth-order valence-corrected chi connectivity index (χ4v) is 5.55. The van der Waals surface area contributed by atoms with Gasteiger partial charge in [-0.3, -0.25) is 4.79 Å². The van der Waals surface area contributed by atoms with E-state index in [4.69, 9.17) is 4.74 Å². The molecule has 2 aromatic rings. The first kappa shape index (κ1) is 17.6. The summed E-state index contributed by atoms with van der Waals surface area (Å²) < 4.78 is 6.53. The molecule has 1 N–H and O–H groups in total. The lowest BCUT2D eigenvalue weighted by Gasteiger charge is -2.52. The van der Waals surface area contributed by atoms with Crippen LogP contribution in [0.2, 0.25) is 0 Å². The minimum absolute atomic E-state index is 0.00935. The van der Waals surface area contributed by atoms with Crippen molar-refractivity contribution in [1.29, 1.82) is 0 Å². The van der Waals surface area contributed by atoms with E-state index in [1.807, 2.05) is 0 Å². The van der Waals surface area contributed by atoms with E-state index in [2.05, 4.69) is 50.3 Å². The standard InChI is InChI=1S/C22H31N2O2/c1-4-9-24(3)14-16(22(25)26-10-5-2)11-18-17-7-6-8-19-21(17)15(13-23-19)12-20(18)24/h6-8,13,16,18,20,23H,4-5,9-12,14H2,1-3H3/q+1/t16?,18-,20-,24?/m1/s1. The summed E-state index contributed by atoms with van der Waals surface area (Å²) >= 11 is 0. The molecular weight excluding hydrogens is 324 g/mol. The highest BCUT2D eigenvalue weighted by Gasteiger charge is 2.50. The molecule has 0 amide bonds. The predicted molar refractivity (Wildman–Crippen MR) is 104 cm³/mol. The highest BCUT2D eigenvalue weighted by Crippen LogP contribution is 2.47. The van der Waals surface area contributed by atoms with E-state index in [1.54, 1.807) is 0 Å². The van der Waals surface area contributed by atoms with Crippen LogP contribution in [0.1, 0.15) is 50.2 Å². The Kier molecular flexibility index (Phi) is 4.55. The molecule has 1 saturated heterocycles. The van der Waals surface area contributed by atoms with Gasteiger partial charge in [0.25, 0.3) is 0 Å². The molecule has 1 aromatic carbocycles. The molecule has 4 nitrogen and oxygen atoms in total. The summed E-state index contributed by atoms with van der Waals surface area (Å²) in [6.07, 6.45) is 6.25. The van der Waals surface area contributed by atoms with Crippen molar-refractivity contribution in [2.75, 3.05) is 26.7 Å². The monoisotopic (exact) mass is 355 g/mol. The molecule has 4 heteroatoms. The van der Waals surface area contributed by atoms with Crippen molar-refractivity contribution in [2.45, 2.75) is 51.5 Å². The number of aromatic amines is 1. The highest BCUT2D eigenvalue weighted by atomic mass is 16.5. The van der Waals surface area contributed by atoms with Crippen molar-refractivity contribution in [3.63, 3.8) is 0 Å². The second-order valence-corrected chi connectivity index (χ2v) is 8.45. The molecule has 0 bridgehead atoms. The number of rotatable bonds is 5. The summed E-state index contributed by atoms with van der Waals surface area (Å²) in [6.45, 7) is 6.87. The summed E-state index contributed by atoms with van der Waals surface area (Å²) in [7, 11) is 2.36. The molecule has 26 heavy (non-hydrogen) atoms. The van der Waals surface area contributed by atoms with E-state index in [1.165, 1.54) is 22.0 Å². The van der Waals surface area contributed by atoms with Gasteiger partial charge in [-0.1, -0.05) is 26.0 Å². The summed E-state index contributed by atoms with van der Waals surface area (Å²) in [5, 5.41) is 1.40. The second kappa shape index (κ2) is 6.73. The van der Waals surface area contributed by atoms with Crippen LogP contribution in [0.15, 0.2) is 24.4 Å². The number of H-pyrrole nitrogens is 1. The van der Waals surface area contributed by atoms with Gasteiger partial charge >= 0.3 is 5.97 Å². The Morgan fingerprint density at radius 1 is 1.31 bits per heavy atom. The maximum atomic E-state index is 12.7. The minimum atomic E-state index is 0.00935. The van der Waals surface area contributed by atoms with E-state index >= 15 is 0 Å². The second-order valence-electron chi connectivity index (χ2n) is 8.45. The lowest BCUT2D eigenvalue weighted by Crippen LogP contribution is -2.63. The van der Waals surface area contributed by atoms with Gasteiger partial charge < -0.3 is 14.2 Å². The third-order valence-corrected chi connectivity index (χ3v) is 6.61. The van der Waals surface area contributed by atoms with E-state index in [-0.39, 0.29) is 11.9 Å². The molecule has 0 saturated carbocycles. The fourth-order valence-electron chi connectivity index (χ4n) is 5.55. The van der Waals surface area contributed by atoms with Gasteiger partial charge in [-0.05, 0) is 36.5 Å². The van der Waals surface area contributed by atoms with E-state index < -0.39 is 0 Å². The van der Waals surface area contributed by atoms with Crippen LogP contribution in [0.3, 0.4) is 0 Å². The summed E-state index contributed by atoms with van der Waals surface area (Å²) in [5.74, 6) is 0.458. The zero-order valence-corrected chi connectivity index (χ0v) is 16.3. The number of esters is 1. The van der Waals surface area contributed by atoms with Gasteiger partial charge in [0.2, 0.25) is 0 Å². The fraction of sp³-hybridized carbons (Fsp3) is 0.591. The molecule has 140 valence electrons. The van der Waals surface area contributed by atoms with Crippen molar-refractivity contribution in [1.82, 2.24) is 4.98 Å². The van der Waals surface area contributed by atoms with E-state index in [9.17, 15) is 4.79 Å². The largest absolute Gasteiger partial charge is 0.465 e. The average Bonchev–Trinajstić information content (AvgIpc) is 3.05. The molecule has 0 spiro atoms. The van der Waals surface area contributed by atoms with E-state index in [0.717, 1.165) is 43.3 Å². The van der Waals surface area contributed by atoms with Crippen molar-refractivity contribution in [3.8, 4) is 0 Å². The minimum Gasteiger partial charge on any atom is -0.465 e. The number of nitrogens with zero attached hydrogens (tertiary/aromatic N) is 1. The number of quaternary nitrogens is 1. The Hall–Kier alpha value is -1.81. The smallest absolute Gasteiger partial charge is 0.314 e. The Morgan fingerprint density at radius 3 is 2.92 bits per heavy atom. The van der Waals surface area contributed by atoms with Gasteiger partial charge in [0.05, 0.1) is 32.8 Å². The molecule has 1 aromatic heterocycles. The number of hydrogen-bond donors (Lipinski definition) is 1. The summed E-state index contributed by atoms with van der Waals surface area (Å²) in [5.41, 5.74) is 4.11. The van der Waals surface area contributed by atoms with Crippen LogP contribution in [0.25, 0.3) is 10.9 Å². The van der Waals surface area contributed by atoms with Crippen molar-refractivity contribution in [3.05, 3.63) is 35.5 Å². The molecule has 2 heterocycles. The zero-order chi connectivity index (χ0) is 18.3. The average molecular weight is 356 g/mol. The third-order valence-electron chi connectivity index (χ3n) is 6.61. The van der Waals surface area contributed by atoms with Gasteiger partial charge in [-0.25, -0.2) is 0 Å². The van der Waals surface area contributed by atoms with Crippen LogP contribution < -0.4 is 0 Å². The zero-order valence-electron chi connectivity index (χ0n) is 16.3. The molecule has 4 atom stereocenters. The Bertz CT molecular complexity index is 812.